The standard InChI is InChI=1S/C11H21N3O2/c15-11(12-10-4-2-1-3-5-10)13-6-8-14(16)9-7-13/h10,16H,1-9H2,(H,12,15). The van der Waals surface area contributed by atoms with Crippen LogP contribution >= 0.6 is 0 Å². The molecule has 0 bridgehead atoms. The second-order valence-electron chi connectivity index (χ2n) is 4.73. The zero-order chi connectivity index (χ0) is 11.4. The van der Waals surface area contributed by atoms with Gasteiger partial charge in [-0.05, 0) is 12.8 Å². The molecule has 1 aliphatic heterocycles. The van der Waals surface area contributed by atoms with Crippen LogP contribution in [0.15, 0.2) is 0 Å². The smallest absolute Gasteiger partial charge is 0.317 e. The minimum atomic E-state index is 0.0417. The second-order valence-corrected chi connectivity index (χ2v) is 4.73. The molecule has 1 heterocycles. The van der Waals surface area contributed by atoms with Gasteiger partial charge in [0, 0.05) is 32.2 Å². The summed E-state index contributed by atoms with van der Waals surface area (Å²) >= 11 is 0. The Hall–Kier alpha value is -0.810. The zero-order valence-electron chi connectivity index (χ0n) is 9.69. The van der Waals surface area contributed by atoms with Crippen molar-refractivity contribution >= 4 is 6.03 Å². The fraction of sp³-hybridized carbons (Fsp3) is 0.909. The molecule has 0 spiro atoms. The Kier molecular flexibility index (Phi) is 4.01. The van der Waals surface area contributed by atoms with E-state index in [9.17, 15) is 10.0 Å². The highest BCUT2D eigenvalue weighted by atomic mass is 16.5. The van der Waals surface area contributed by atoms with Crippen LogP contribution in [0.2, 0.25) is 0 Å². The molecule has 0 radical (unpaired) electrons. The molecule has 16 heavy (non-hydrogen) atoms. The predicted octanol–water partition coefficient (Wildman–Crippen LogP) is 1.04. The predicted molar refractivity (Wildman–Crippen MR) is 60.3 cm³/mol. The van der Waals surface area contributed by atoms with E-state index in [0.29, 0.717) is 32.2 Å². The lowest BCUT2D eigenvalue weighted by Gasteiger charge is -2.33. The Morgan fingerprint density at radius 2 is 1.69 bits per heavy atom. The van der Waals surface area contributed by atoms with Crippen LogP contribution in [0.5, 0.6) is 0 Å². The molecule has 0 unspecified atom stereocenters. The first-order chi connectivity index (χ1) is 7.75. The SMILES string of the molecule is O=C(NC1CCCCC1)N1CCN(O)CC1. The first-order valence-corrected chi connectivity index (χ1v) is 6.25. The molecule has 92 valence electrons. The van der Waals surface area contributed by atoms with E-state index in [1.165, 1.54) is 24.3 Å². The topological polar surface area (TPSA) is 55.8 Å². The quantitative estimate of drug-likeness (QED) is 0.703. The van der Waals surface area contributed by atoms with Gasteiger partial charge in [0.25, 0.3) is 0 Å². The van der Waals surface area contributed by atoms with E-state index in [-0.39, 0.29) is 6.03 Å². The van der Waals surface area contributed by atoms with Gasteiger partial charge in [-0.3, -0.25) is 0 Å². The average molecular weight is 227 g/mol. The summed E-state index contributed by atoms with van der Waals surface area (Å²) in [6, 6.07) is 0.411. The monoisotopic (exact) mass is 227 g/mol. The molecule has 0 aromatic rings. The number of hydroxylamine groups is 2. The lowest BCUT2D eigenvalue weighted by atomic mass is 9.96. The van der Waals surface area contributed by atoms with Crippen LogP contribution in [0.25, 0.3) is 0 Å². The second kappa shape index (κ2) is 5.50. The van der Waals surface area contributed by atoms with Crippen LogP contribution in [-0.4, -0.2) is 53.4 Å². The summed E-state index contributed by atoms with van der Waals surface area (Å²) in [6.07, 6.45) is 6.00. The van der Waals surface area contributed by atoms with Crippen molar-refractivity contribution in [1.29, 1.82) is 0 Å². The molecule has 0 atom stereocenters. The maximum atomic E-state index is 11.9. The van der Waals surface area contributed by atoms with Crippen molar-refractivity contribution in [1.82, 2.24) is 15.3 Å². The van der Waals surface area contributed by atoms with Crippen molar-refractivity contribution in [3.63, 3.8) is 0 Å². The number of nitrogens with zero attached hydrogens (tertiary/aromatic N) is 2. The normalized spacial score (nSPS) is 24.4. The molecular formula is C11H21N3O2. The minimum Gasteiger partial charge on any atom is -0.335 e. The number of hydrogen-bond acceptors (Lipinski definition) is 3. The molecule has 1 aliphatic carbocycles. The molecule has 0 aromatic heterocycles. The van der Waals surface area contributed by atoms with Crippen molar-refractivity contribution < 1.29 is 10.0 Å². The minimum absolute atomic E-state index is 0.0417. The highest BCUT2D eigenvalue weighted by Gasteiger charge is 2.22. The van der Waals surface area contributed by atoms with Crippen LogP contribution in [0, 0.1) is 0 Å². The summed E-state index contributed by atoms with van der Waals surface area (Å²) in [5.41, 5.74) is 0. The third-order valence-electron chi connectivity index (χ3n) is 3.48. The molecule has 5 heteroatoms. The Balaban J connectivity index is 1.74. The van der Waals surface area contributed by atoms with E-state index < -0.39 is 0 Å². The van der Waals surface area contributed by atoms with Crippen molar-refractivity contribution in [2.24, 2.45) is 0 Å². The summed E-state index contributed by atoms with van der Waals surface area (Å²) in [6.45, 7) is 2.35. The number of nitrogens with one attached hydrogen (secondary N) is 1. The van der Waals surface area contributed by atoms with Crippen molar-refractivity contribution in [2.75, 3.05) is 26.2 Å². The summed E-state index contributed by atoms with van der Waals surface area (Å²) < 4.78 is 0. The van der Waals surface area contributed by atoms with Crippen LogP contribution < -0.4 is 5.32 Å². The van der Waals surface area contributed by atoms with Crippen molar-refractivity contribution in [2.45, 2.75) is 38.1 Å². The third-order valence-corrected chi connectivity index (χ3v) is 3.48. The van der Waals surface area contributed by atoms with Crippen LogP contribution in [0.1, 0.15) is 32.1 Å². The molecule has 1 saturated heterocycles. The number of carbonyl (C=O) groups excluding carboxylic acids is 1. The van der Waals surface area contributed by atoms with E-state index in [1.807, 2.05) is 0 Å². The lowest BCUT2D eigenvalue weighted by molar-refractivity contribution is -0.111. The van der Waals surface area contributed by atoms with E-state index in [1.54, 1.807) is 4.90 Å². The average Bonchev–Trinajstić information content (AvgIpc) is 2.31. The maximum absolute atomic E-state index is 11.9. The molecule has 5 nitrogen and oxygen atoms in total. The number of carbonyl (C=O) groups is 1. The van der Waals surface area contributed by atoms with Gasteiger partial charge in [0.2, 0.25) is 0 Å². The van der Waals surface area contributed by atoms with E-state index in [4.69, 9.17) is 0 Å². The zero-order valence-corrected chi connectivity index (χ0v) is 9.69. The maximum Gasteiger partial charge on any atom is 0.317 e. The number of amides is 2. The fourth-order valence-electron chi connectivity index (χ4n) is 2.41. The Bertz CT molecular complexity index is 233. The van der Waals surface area contributed by atoms with Gasteiger partial charge in [-0.15, -0.1) is 0 Å². The Labute approximate surface area is 96.4 Å². The molecule has 0 aromatic carbocycles. The molecular weight excluding hydrogens is 206 g/mol. The summed E-state index contributed by atoms with van der Waals surface area (Å²) in [5, 5.41) is 13.6. The van der Waals surface area contributed by atoms with Crippen molar-refractivity contribution in [3.8, 4) is 0 Å². The molecule has 2 rings (SSSR count). The number of hydrogen-bond donors (Lipinski definition) is 2. The van der Waals surface area contributed by atoms with E-state index in [0.717, 1.165) is 12.8 Å². The first kappa shape index (κ1) is 11.7. The Morgan fingerprint density at radius 3 is 2.31 bits per heavy atom. The number of urea groups is 1. The number of rotatable bonds is 1. The highest BCUT2D eigenvalue weighted by Crippen LogP contribution is 2.17. The molecule has 2 fully saturated rings. The molecule has 2 amide bonds. The molecule has 2 aliphatic rings. The largest absolute Gasteiger partial charge is 0.335 e. The van der Waals surface area contributed by atoms with Crippen LogP contribution in [-0.2, 0) is 0 Å². The van der Waals surface area contributed by atoms with Gasteiger partial charge in [0.1, 0.15) is 0 Å². The van der Waals surface area contributed by atoms with Gasteiger partial charge in [-0.2, -0.15) is 5.06 Å². The van der Waals surface area contributed by atoms with Gasteiger partial charge < -0.3 is 15.4 Å². The van der Waals surface area contributed by atoms with E-state index in [2.05, 4.69) is 5.32 Å². The molecule has 2 N–H and O–H groups in total. The molecule has 1 saturated carbocycles. The van der Waals surface area contributed by atoms with Crippen LogP contribution in [0.4, 0.5) is 4.79 Å². The van der Waals surface area contributed by atoms with Crippen molar-refractivity contribution in [3.05, 3.63) is 0 Å². The summed E-state index contributed by atoms with van der Waals surface area (Å²) in [7, 11) is 0. The lowest BCUT2D eigenvalue weighted by Crippen LogP contribution is -2.52. The summed E-state index contributed by atoms with van der Waals surface area (Å²) in [4.78, 5) is 13.7. The van der Waals surface area contributed by atoms with E-state index >= 15 is 0 Å². The van der Waals surface area contributed by atoms with Gasteiger partial charge in [-0.1, -0.05) is 19.3 Å². The van der Waals surface area contributed by atoms with Gasteiger partial charge in [0.05, 0.1) is 0 Å². The van der Waals surface area contributed by atoms with Gasteiger partial charge >= 0.3 is 6.03 Å². The number of piperazine rings is 1. The first-order valence-electron chi connectivity index (χ1n) is 6.25. The van der Waals surface area contributed by atoms with Gasteiger partial charge in [0.15, 0.2) is 0 Å². The fourth-order valence-corrected chi connectivity index (χ4v) is 2.41. The third kappa shape index (κ3) is 3.09. The van der Waals surface area contributed by atoms with Crippen LogP contribution in [0.3, 0.4) is 0 Å². The summed E-state index contributed by atoms with van der Waals surface area (Å²) in [5.74, 6) is 0. The van der Waals surface area contributed by atoms with Gasteiger partial charge in [-0.25, -0.2) is 4.79 Å². The highest BCUT2D eigenvalue weighted by molar-refractivity contribution is 5.74. The Morgan fingerprint density at radius 1 is 1.06 bits per heavy atom.